The molecule has 2 rings (SSSR count). The lowest BCUT2D eigenvalue weighted by Gasteiger charge is -2.13. The standard InChI is InChI=1S/C16H14Cl3NO5S/c1-3-25-16(21)10-5-4-9(8-11(10)17)20-26(22,23)13-7-6-12(24-2)14(18)15(13)19/h4-8,20H,3H2,1-2H3. The largest absolute Gasteiger partial charge is 0.495 e. The Morgan fingerprint density at radius 2 is 1.81 bits per heavy atom. The summed E-state index contributed by atoms with van der Waals surface area (Å²) in [6, 6.07) is 6.70. The zero-order chi connectivity index (χ0) is 19.5. The molecule has 0 unspecified atom stereocenters. The minimum absolute atomic E-state index is 0.0206. The third-order valence-electron chi connectivity index (χ3n) is 3.24. The molecule has 0 bridgehead atoms. The molecule has 0 aliphatic heterocycles. The van der Waals surface area contributed by atoms with Gasteiger partial charge in [0.2, 0.25) is 0 Å². The molecule has 1 N–H and O–H groups in total. The van der Waals surface area contributed by atoms with Crippen LogP contribution in [0.25, 0.3) is 0 Å². The van der Waals surface area contributed by atoms with Crippen LogP contribution in [0.4, 0.5) is 5.69 Å². The first-order valence-corrected chi connectivity index (χ1v) is 9.84. The number of sulfonamides is 1. The number of benzene rings is 2. The van der Waals surface area contributed by atoms with Gasteiger partial charge < -0.3 is 9.47 Å². The van der Waals surface area contributed by atoms with Crippen LogP contribution in [0.1, 0.15) is 17.3 Å². The van der Waals surface area contributed by atoms with Crippen LogP contribution < -0.4 is 9.46 Å². The van der Waals surface area contributed by atoms with Crippen molar-refractivity contribution in [2.75, 3.05) is 18.4 Å². The van der Waals surface area contributed by atoms with Crippen molar-refractivity contribution in [2.45, 2.75) is 11.8 Å². The normalized spacial score (nSPS) is 11.1. The molecule has 6 nitrogen and oxygen atoms in total. The summed E-state index contributed by atoms with van der Waals surface area (Å²) in [5.74, 6) is -0.352. The molecular weight excluding hydrogens is 425 g/mol. The highest BCUT2D eigenvalue weighted by atomic mass is 35.5. The summed E-state index contributed by atoms with van der Waals surface area (Å²) < 4.78 is 37.3. The van der Waals surface area contributed by atoms with Crippen molar-refractivity contribution in [3.63, 3.8) is 0 Å². The van der Waals surface area contributed by atoms with E-state index in [0.717, 1.165) is 0 Å². The van der Waals surface area contributed by atoms with Crippen LogP contribution in [0.3, 0.4) is 0 Å². The van der Waals surface area contributed by atoms with E-state index >= 15 is 0 Å². The third kappa shape index (κ3) is 4.35. The van der Waals surface area contributed by atoms with Gasteiger partial charge in [-0.25, -0.2) is 13.2 Å². The number of carbonyl (C=O) groups is 1. The summed E-state index contributed by atoms with van der Waals surface area (Å²) in [5.41, 5.74) is 0.271. The second-order valence-electron chi connectivity index (χ2n) is 4.91. The monoisotopic (exact) mass is 437 g/mol. The number of nitrogens with one attached hydrogen (secondary N) is 1. The second kappa shape index (κ2) is 8.35. The number of ether oxygens (including phenoxy) is 2. The van der Waals surface area contributed by atoms with Crippen LogP contribution in [-0.2, 0) is 14.8 Å². The smallest absolute Gasteiger partial charge is 0.339 e. The fourth-order valence-electron chi connectivity index (χ4n) is 2.04. The Balaban J connectivity index is 2.34. The van der Waals surface area contributed by atoms with Crippen molar-refractivity contribution in [3.8, 4) is 5.75 Å². The first-order valence-electron chi connectivity index (χ1n) is 7.22. The van der Waals surface area contributed by atoms with E-state index in [-0.39, 0.29) is 43.6 Å². The molecule has 0 aromatic heterocycles. The number of hydrogen-bond donors (Lipinski definition) is 1. The minimum Gasteiger partial charge on any atom is -0.495 e. The summed E-state index contributed by atoms with van der Waals surface area (Å²) in [6.07, 6.45) is 0. The molecule has 2 aromatic rings. The first kappa shape index (κ1) is 20.6. The zero-order valence-corrected chi connectivity index (χ0v) is 16.8. The summed E-state index contributed by atoms with van der Waals surface area (Å²) in [7, 11) is -2.66. The van der Waals surface area contributed by atoms with Crippen molar-refractivity contribution >= 4 is 56.5 Å². The number of anilines is 1. The molecule has 140 valence electrons. The Bertz CT molecular complexity index is 947. The molecular formula is C16H14Cl3NO5S. The topological polar surface area (TPSA) is 81.7 Å². The third-order valence-corrected chi connectivity index (χ3v) is 5.95. The van der Waals surface area contributed by atoms with Crippen molar-refractivity contribution in [3.05, 3.63) is 51.0 Å². The van der Waals surface area contributed by atoms with E-state index in [4.69, 9.17) is 44.3 Å². The predicted molar refractivity (Wildman–Crippen MR) is 101 cm³/mol. The molecule has 0 atom stereocenters. The Hall–Kier alpha value is -1.67. The highest BCUT2D eigenvalue weighted by Crippen LogP contribution is 2.37. The summed E-state index contributed by atoms with van der Waals surface area (Å²) in [6.45, 7) is 1.86. The van der Waals surface area contributed by atoms with E-state index in [1.54, 1.807) is 6.92 Å². The zero-order valence-electron chi connectivity index (χ0n) is 13.7. The Morgan fingerprint density at radius 1 is 1.12 bits per heavy atom. The molecule has 0 radical (unpaired) electrons. The van der Waals surface area contributed by atoms with Gasteiger partial charge in [-0.15, -0.1) is 0 Å². The van der Waals surface area contributed by atoms with E-state index in [1.165, 1.54) is 37.4 Å². The molecule has 0 amide bonds. The Kier molecular flexibility index (Phi) is 6.63. The molecule has 0 saturated heterocycles. The minimum atomic E-state index is -4.05. The maximum atomic E-state index is 12.6. The van der Waals surface area contributed by atoms with Crippen LogP contribution >= 0.6 is 34.8 Å². The summed E-state index contributed by atoms with van der Waals surface area (Å²) in [4.78, 5) is 11.5. The maximum absolute atomic E-state index is 12.6. The van der Waals surface area contributed by atoms with Gasteiger partial charge in [0.05, 0.1) is 35.0 Å². The van der Waals surface area contributed by atoms with Gasteiger partial charge in [0.15, 0.2) is 0 Å². The Morgan fingerprint density at radius 3 is 2.38 bits per heavy atom. The molecule has 0 aliphatic rings. The highest BCUT2D eigenvalue weighted by Gasteiger charge is 2.22. The van der Waals surface area contributed by atoms with Crippen LogP contribution in [0.5, 0.6) is 5.75 Å². The summed E-state index contributed by atoms with van der Waals surface area (Å²) in [5, 5.41) is -0.150. The second-order valence-corrected chi connectivity index (χ2v) is 7.73. The SMILES string of the molecule is CCOC(=O)c1ccc(NS(=O)(=O)c2ccc(OC)c(Cl)c2Cl)cc1Cl. The molecule has 0 spiro atoms. The first-order chi connectivity index (χ1) is 12.2. The van der Waals surface area contributed by atoms with Gasteiger partial charge in [-0.1, -0.05) is 34.8 Å². The predicted octanol–water partition coefficient (Wildman–Crippen LogP) is 4.63. The van der Waals surface area contributed by atoms with Gasteiger partial charge in [0, 0.05) is 0 Å². The number of halogens is 3. The quantitative estimate of drug-likeness (QED) is 0.665. The van der Waals surface area contributed by atoms with Crippen molar-refractivity contribution < 1.29 is 22.7 Å². The average Bonchev–Trinajstić information content (AvgIpc) is 2.57. The highest BCUT2D eigenvalue weighted by molar-refractivity contribution is 7.92. The number of hydrogen-bond acceptors (Lipinski definition) is 5. The van der Waals surface area contributed by atoms with Crippen LogP contribution in [-0.4, -0.2) is 28.1 Å². The summed E-state index contributed by atoms with van der Waals surface area (Å²) >= 11 is 18.1. The van der Waals surface area contributed by atoms with Crippen molar-refractivity contribution in [1.82, 2.24) is 0 Å². The molecule has 26 heavy (non-hydrogen) atoms. The van der Waals surface area contributed by atoms with Crippen LogP contribution in [0, 0.1) is 0 Å². The fourth-order valence-corrected chi connectivity index (χ4v) is 4.19. The van der Waals surface area contributed by atoms with Crippen LogP contribution in [0.15, 0.2) is 35.2 Å². The van der Waals surface area contributed by atoms with E-state index in [1.807, 2.05) is 0 Å². The molecule has 2 aromatic carbocycles. The molecule has 0 fully saturated rings. The Labute approximate surface area is 166 Å². The van der Waals surface area contributed by atoms with Gasteiger partial charge in [-0.3, -0.25) is 4.72 Å². The number of methoxy groups -OCH3 is 1. The van der Waals surface area contributed by atoms with Gasteiger partial charge in [0.1, 0.15) is 15.7 Å². The van der Waals surface area contributed by atoms with E-state index in [2.05, 4.69) is 4.72 Å². The average molecular weight is 439 g/mol. The fraction of sp³-hybridized carbons (Fsp3) is 0.188. The number of esters is 1. The number of carbonyl (C=O) groups excluding carboxylic acids is 1. The lowest BCUT2D eigenvalue weighted by atomic mass is 10.2. The number of rotatable bonds is 6. The maximum Gasteiger partial charge on any atom is 0.339 e. The van der Waals surface area contributed by atoms with E-state index < -0.39 is 16.0 Å². The molecule has 10 heteroatoms. The van der Waals surface area contributed by atoms with Gasteiger partial charge in [-0.2, -0.15) is 0 Å². The van der Waals surface area contributed by atoms with Crippen LogP contribution in [0.2, 0.25) is 15.1 Å². The van der Waals surface area contributed by atoms with Crippen molar-refractivity contribution in [1.29, 1.82) is 0 Å². The van der Waals surface area contributed by atoms with Crippen molar-refractivity contribution in [2.24, 2.45) is 0 Å². The van der Waals surface area contributed by atoms with E-state index in [9.17, 15) is 13.2 Å². The van der Waals surface area contributed by atoms with Gasteiger partial charge >= 0.3 is 5.97 Å². The molecule has 0 heterocycles. The molecule has 0 aliphatic carbocycles. The van der Waals surface area contributed by atoms with E-state index in [0.29, 0.717) is 0 Å². The lowest BCUT2D eigenvalue weighted by Crippen LogP contribution is -2.14. The lowest BCUT2D eigenvalue weighted by molar-refractivity contribution is 0.0526. The molecule has 0 saturated carbocycles. The van der Waals surface area contributed by atoms with Gasteiger partial charge in [-0.05, 0) is 37.3 Å². The van der Waals surface area contributed by atoms with Gasteiger partial charge in [0.25, 0.3) is 10.0 Å².